The standard InChI is InChI=1S/C24H33N2O2P/c1-28-22-15-13-21(14-16-22)24(25-17-7-3-8-18-25)29(27,23-11-5-2-6-12-23)26-19-9-4-10-20-26/h2,5-6,11-16,24H,3-4,7-10,17-20H2,1H3/t24-,29+/m0/s1. The molecular weight excluding hydrogens is 379 g/mol. The molecule has 2 aliphatic heterocycles. The Morgan fingerprint density at radius 1 is 0.793 bits per heavy atom. The van der Waals surface area contributed by atoms with Gasteiger partial charge in [-0.25, -0.2) is 4.67 Å². The molecule has 0 spiro atoms. The molecule has 4 nitrogen and oxygen atoms in total. The van der Waals surface area contributed by atoms with E-state index in [2.05, 4.69) is 33.8 Å². The number of likely N-dealkylation sites (tertiary alicyclic amines) is 1. The molecule has 2 aromatic carbocycles. The average molecular weight is 413 g/mol. The minimum atomic E-state index is -2.85. The number of rotatable bonds is 6. The molecule has 2 aliphatic rings. The zero-order valence-electron chi connectivity index (χ0n) is 17.5. The summed E-state index contributed by atoms with van der Waals surface area (Å²) in [4.78, 5) is 2.49. The van der Waals surface area contributed by atoms with E-state index in [4.69, 9.17) is 4.74 Å². The zero-order valence-corrected chi connectivity index (χ0v) is 18.4. The molecule has 5 heteroatoms. The lowest BCUT2D eigenvalue weighted by Gasteiger charge is -2.45. The van der Waals surface area contributed by atoms with Crippen molar-refractivity contribution >= 4 is 12.6 Å². The molecule has 0 saturated carbocycles. The van der Waals surface area contributed by atoms with Crippen molar-refractivity contribution in [3.05, 3.63) is 60.2 Å². The molecule has 0 aromatic heterocycles. The number of hydrogen-bond donors (Lipinski definition) is 0. The third-order valence-corrected chi connectivity index (χ3v) is 9.93. The van der Waals surface area contributed by atoms with Gasteiger partial charge in [-0.3, -0.25) is 9.46 Å². The zero-order chi connectivity index (χ0) is 20.1. The van der Waals surface area contributed by atoms with Crippen molar-refractivity contribution in [2.24, 2.45) is 0 Å². The van der Waals surface area contributed by atoms with Crippen LogP contribution in [0, 0.1) is 0 Å². The van der Waals surface area contributed by atoms with Gasteiger partial charge in [0.15, 0.2) is 7.29 Å². The Balaban J connectivity index is 1.83. The molecule has 2 fully saturated rings. The number of piperidine rings is 2. The molecule has 156 valence electrons. The van der Waals surface area contributed by atoms with Crippen LogP contribution in [0.25, 0.3) is 0 Å². The Labute approximate surface area is 175 Å². The summed E-state index contributed by atoms with van der Waals surface area (Å²) in [6.45, 7) is 3.88. The maximum absolute atomic E-state index is 15.2. The van der Waals surface area contributed by atoms with Crippen LogP contribution < -0.4 is 10.0 Å². The van der Waals surface area contributed by atoms with Crippen LogP contribution >= 0.6 is 7.29 Å². The lowest BCUT2D eigenvalue weighted by Crippen LogP contribution is -2.41. The van der Waals surface area contributed by atoms with Gasteiger partial charge < -0.3 is 4.74 Å². The fourth-order valence-corrected chi connectivity index (χ4v) is 8.49. The summed E-state index contributed by atoms with van der Waals surface area (Å²) in [6.07, 6.45) is 7.13. The molecule has 2 heterocycles. The van der Waals surface area contributed by atoms with Gasteiger partial charge >= 0.3 is 0 Å². The van der Waals surface area contributed by atoms with Crippen LogP contribution in [0.4, 0.5) is 0 Å². The molecule has 0 N–H and O–H groups in total. The summed E-state index contributed by atoms with van der Waals surface area (Å²) in [5.74, 6) is 0.743. The highest BCUT2D eigenvalue weighted by molar-refractivity contribution is 7.69. The van der Waals surface area contributed by atoms with Crippen LogP contribution in [0.2, 0.25) is 0 Å². The van der Waals surface area contributed by atoms with Crippen molar-refractivity contribution < 1.29 is 9.30 Å². The molecule has 0 aliphatic carbocycles. The molecule has 2 atom stereocenters. The first-order chi connectivity index (χ1) is 14.2. The Morgan fingerprint density at radius 2 is 1.38 bits per heavy atom. The second-order valence-electron chi connectivity index (χ2n) is 8.22. The average Bonchev–Trinajstić information content (AvgIpc) is 2.81. The van der Waals surface area contributed by atoms with Crippen LogP contribution in [0.5, 0.6) is 5.75 Å². The predicted octanol–water partition coefficient (Wildman–Crippen LogP) is 5.27. The van der Waals surface area contributed by atoms with Gasteiger partial charge in [0.1, 0.15) is 11.5 Å². The molecule has 2 saturated heterocycles. The van der Waals surface area contributed by atoms with Crippen molar-refractivity contribution in [1.82, 2.24) is 9.57 Å². The lowest BCUT2D eigenvalue weighted by molar-refractivity contribution is 0.198. The van der Waals surface area contributed by atoms with E-state index in [0.717, 1.165) is 55.6 Å². The molecule has 4 rings (SSSR count). The second kappa shape index (κ2) is 9.47. The fraction of sp³-hybridized carbons (Fsp3) is 0.500. The van der Waals surface area contributed by atoms with Crippen LogP contribution in [0.15, 0.2) is 54.6 Å². The monoisotopic (exact) mass is 412 g/mol. The van der Waals surface area contributed by atoms with Crippen LogP contribution in [0.1, 0.15) is 49.9 Å². The Bertz CT molecular complexity index is 813. The highest BCUT2D eigenvalue weighted by Crippen LogP contribution is 2.63. The van der Waals surface area contributed by atoms with Crippen molar-refractivity contribution in [3.63, 3.8) is 0 Å². The van der Waals surface area contributed by atoms with Crippen molar-refractivity contribution in [2.75, 3.05) is 33.3 Å². The van der Waals surface area contributed by atoms with E-state index in [1.807, 2.05) is 30.3 Å². The fourth-order valence-electron chi connectivity index (χ4n) is 4.85. The van der Waals surface area contributed by atoms with E-state index in [9.17, 15) is 0 Å². The number of methoxy groups -OCH3 is 1. The Morgan fingerprint density at radius 3 is 1.97 bits per heavy atom. The van der Waals surface area contributed by atoms with Gasteiger partial charge in [0, 0.05) is 18.4 Å². The second-order valence-corrected chi connectivity index (χ2v) is 11.0. The first-order valence-corrected chi connectivity index (χ1v) is 12.7. The van der Waals surface area contributed by atoms with E-state index in [1.54, 1.807) is 7.11 Å². The summed E-state index contributed by atoms with van der Waals surface area (Å²) < 4.78 is 22.9. The smallest absolute Gasteiger partial charge is 0.199 e. The topological polar surface area (TPSA) is 32.8 Å². The number of hydrogen-bond acceptors (Lipinski definition) is 3. The minimum absolute atomic E-state index is 0.103. The molecular formula is C24H33N2O2P. The summed E-state index contributed by atoms with van der Waals surface area (Å²) in [6, 6.07) is 18.5. The summed E-state index contributed by atoms with van der Waals surface area (Å²) in [5.41, 5.74) is 1.14. The van der Waals surface area contributed by atoms with E-state index in [-0.39, 0.29) is 5.78 Å². The molecule has 0 unspecified atom stereocenters. The van der Waals surface area contributed by atoms with Gasteiger partial charge in [0.05, 0.1) is 7.11 Å². The maximum Gasteiger partial charge on any atom is 0.199 e. The van der Waals surface area contributed by atoms with Crippen molar-refractivity contribution in [2.45, 2.75) is 44.3 Å². The lowest BCUT2D eigenvalue weighted by atomic mass is 10.1. The van der Waals surface area contributed by atoms with Gasteiger partial charge in [-0.1, -0.05) is 55.3 Å². The molecule has 0 bridgehead atoms. The number of benzene rings is 2. The van der Waals surface area contributed by atoms with Crippen molar-refractivity contribution in [3.8, 4) is 5.75 Å². The SMILES string of the molecule is COc1ccc([C@@H](N2CCCCC2)[P@](=O)(c2ccccc2)N2CCCCC2)cc1. The minimum Gasteiger partial charge on any atom is -0.497 e. The molecule has 2 aromatic rings. The van der Waals surface area contributed by atoms with E-state index in [1.165, 1.54) is 25.7 Å². The molecule has 0 radical (unpaired) electrons. The van der Waals surface area contributed by atoms with Gasteiger partial charge in [0.25, 0.3) is 0 Å². The third-order valence-electron chi connectivity index (χ3n) is 6.36. The van der Waals surface area contributed by atoms with E-state index < -0.39 is 7.29 Å². The first kappa shape index (κ1) is 20.7. The third kappa shape index (κ3) is 4.30. The maximum atomic E-state index is 15.2. The summed E-state index contributed by atoms with van der Waals surface area (Å²) >= 11 is 0. The van der Waals surface area contributed by atoms with Crippen molar-refractivity contribution in [1.29, 1.82) is 0 Å². The normalized spacial score (nSPS) is 22.0. The van der Waals surface area contributed by atoms with Gasteiger partial charge in [-0.05, 0) is 56.5 Å². The van der Waals surface area contributed by atoms with E-state index in [0.29, 0.717) is 0 Å². The molecule has 0 amide bonds. The summed E-state index contributed by atoms with van der Waals surface area (Å²) in [5, 5.41) is 0.994. The number of nitrogens with zero attached hydrogens (tertiary/aromatic N) is 2. The molecule has 29 heavy (non-hydrogen) atoms. The van der Waals surface area contributed by atoms with Crippen LogP contribution in [-0.2, 0) is 4.57 Å². The van der Waals surface area contributed by atoms with Crippen LogP contribution in [-0.4, -0.2) is 42.9 Å². The van der Waals surface area contributed by atoms with Gasteiger partial charge in [-0.2, -0.15) is 0 Å². The first-order valence-electron chi connectivity index (χ1n) is 11.0. The van der Waals surface area contributed by atoms with E-state index >= 15 is 4.57 Å². The Hall–Kier alpha value is -1.61. The highest BCUT2D eigenvalue weighted by atomic mass is 31.2. The predicted molar refractivity (Wildman–Crippen MR) is 120 cm³/mol. The van der Waals surface area contributed by atoms with Crippen LogP contribution in [0.3, 0.4) is 0 Å². The van der Waals surface area contributed by atoms with Gasteiger partial charge in [-0.15, -0.1) is 0 Å². The quantitative estimate of drug-likeness (QED) is 0.605. The highest BCUT2D eigenvalue weighted by Gasteiger charge is 2.45. The summed E-state index contributed by atoms with van der Waals surface area (Å²) in [7, 11) is -1.16. The van der Waals surface area contributed by atoms with Gasteiger partial charge in [0.2, 0.25) is 0 Å². The Kier molecular flexibility index (Phi) is 6.74. The largest absolute Gasteiger partial charge is 0.497 e. The number of ether oxygens (including phenoxy) is 1.